The second-order valence-electron chi connectivity index (χ2n) is 2.55. The van der Waals surface area contributed by atoms with Crippen LogP contribution in [0.2, 0.25) is 0 Å². The largest absolute Gasteiger partial charge is 2.00 e. The van der Waals surface area contributed by atoms with Gasteiger partial charge in [-0.25, -0.2) is 0 Å². The Morgan fingerprint density at radius 2 is 1.07 bits per heavy atom. The molecule has 0 aliphatic heterocycles. The van der Waals surface area contributed by atoms with Crippen LogP contribution in [-0.4, -0.2) is 17.2 Å². The maximum Gasteiger partial charge on any atom is 2.00 e. The van der Waals surface area contributed by atoms with Crippen molar-refractivity contribution in [2.24, 2.45) is 0 Å². The summed E-state index contributed by atoms with van der Waals surface area (Å²) in [5.41, 5.74) is 0. The molecule has 14 heavy (non-hydrogen) atoms. The summed E-state index contributed by atoms with van der Waals surface area (Å²) >= 11 is 0. The summed E-state index contributed by atoms with van der Waals surface area (Å²) in [4.78, 5) is 0. The standard InChI is InChI=1S/C5H6BO2.C5H5.Fe/c7-6(8)5-3-1-2-4-5;1-2-4-5-3-1;/h1-4,7-8H;1-5H;/q;;+2. The Hall–Kier alpha value is 0.504. The van der Waals surface area contributed by atoms with Crippen molar-refractivity contribution in [2.75, 3.05) is 0 Å². The van der Waals surface area contributed by atoms with Crippen LogP contribution in [-0.2, 0) is 17.1 Å². The van der Waals surface area contributed by atoms with Gasteiger partial charge in [-0.2, -0.15) is 0 Å². The van der Waals surface area contributed by atoms with E-state index in [4.69, 9.17) is 10.0 Å². The molecule has 0 aromatic carbocycles. The summed E-state index contributed by atoms with van der Waals surface area (Å²) in [6.45, 7) is 0. The number of rotatable bonds is 1. The van der Waals surface area contributed by atoms with Crippen LogP contribution < -0.4 is 0 Å². The molecule has 72 valence electrons. The zero-order valence-corrected chi connectivity index (χ0v) is 8.63. The molecule has 0 bridgehead atoms. The van der Waals surface area contributed by atoms with Gasteiger partial charge in [0.05, 0.1) is 0 Å². The fraction of sp³-hybridized carbons (Fsp3) is 0. The first-order valence-electron chi connectivity index (χ1n) is 4.05. The van der Waals surface area contributed by atoms with Crippen LogP contribution in [0.5, 0.6) is 0 Å². The Morgan fingerprint density at radius 3 is 1.29 bits per heavy atom. The molecule has 2 aliphatic carbocycles. The smallest absolute Gasteiger partial charge is 0.427 e. The van der Waals surface area contributed by atoms with Gasteiger partial charge in [0.15, 0.2) is 0 Å². The third-order valence-corrected chi connectivity index (χ3v) is 1.54. The monoisotopic (exact) mass is 230 g/mol. The predicted molar refractivity (Wildman–Crippen MR) is 52.1 cm³/mol. The van der Waals surface area contributed by atoms with Crippen LogP contribution in [0.4, 0.5) is 0 Å². The first kappa shape index (κ1) is 14.5. The van der Waals surface area contributed by atoms with Crippen molar-refractivity contribution in [1.29, 1.82) is 0 Å². The molecule has 2 saturated carbocycles. The van der Waals surface area contributed by atoms with Crippen LogP contribution in [0.1, 0.15) is 0 Å². The van der Waals surface area contributed by atoms with E-state index in [-0.39, 0.29) is 17.1 Å². The van der Waals surface area contributed by atoms with E-state index in [0.29, 0.717) is 5.82 Å². The third kappa shape index (κ3) is 6.08. The molecule has 0 atom stereocenters. The van der Waals surface area contributed by atoms with E-state index in [9.17, 15) is 0 Å². The topological polar surface area (TPSA) is 40.5 Å². The summed E-state index contributed by atoms with van der Waals surface area (Å²) in [6, 6.07) is 0. The van der Waals surface area contributed by atoms with Crippen LogP contribution in [0.25, 0.3) is 0 Å². The molecule has 4 heteroatoms. The molecule has 2 rings (SSSR count). The number of hydrogen-bond acceptors (Lipinski definition) is 2. The molecule has 10 radical (unpaired) electrons. The zero-order chi connectivity index (χ0) is 9.52. The van der Waals surface area contributed by atoms with Crippen LogP contribution >= 0.6 is 0 Å². The van der Waals surface area contributed by atoms with Crippen LogP contribution in [0.3, 0.4) is 0 Å². The van der Waals surface area contributed by atoms with Crippen LogP contribution in [0, 0.1) is 63.6 Å². The van der Waals surface area contributed by atoms with Crippen LogP contribution in [0.15, 0.2) is 0 Å². The average molecular weight is 230 g/mol. The minimum atomic E-state index is -1.31. The Kier molecular flexibility index (Phi) is 9.10. The molecule has 2 fully saturated rings. The van der Waals surface area contributed by atoms with Gasteiger partial charge >= 0.3 is 24.2 Å². The molecule has 0 heterocycles. The van der Waals surface area contributed by atoms with E-state index in [2.05, 4.69) is 0 Å². The van der Waals surface area contributed by atoms with Crippen molar-refractivity contribution >= 4 is 7.12 Å². The minimum absolute atomic E-state index is 0. The molecule has 0 spiro atoms. The first-order valence-corrected chi connectivity index (χ1v) is 4.05. The summed E-state index contributed by atoms with van der Waals surface area (Å²) < 4.78 is 0. The van der Waals surface area contributed by atoms with E-state index in [1.807, 2.05) is 32.1 Å². The van der Waals surface area contributed by atoms with Gasteiger partial charge < -0.3 is 10.0 Å². The summed E-state index contributed by atoms with van der Waals surface area (Å²) in [5.74, 6) is 0.546. The molecule has 0 aromatic heterocycles. The second kappa shape index (κ2) is 8.78. The SMILES string of the molecule is OB(O)[C]1[CH][CH][CH][CH]1.[CH]1[CH][CH][CH][CH]1.[Fe+2]. The van der Waals surface area contributed by atoms with Crippen molar-refractivity contribution in [3.05, 3.63) is 63.6 Å². The van der Waals surface area contributed by atoms with Crippen molar-refractivity contribution in [2.45, 2.75) is 0 Å². The van der Waals surface area contributed by atoms with Gasteiger partial charge in [0.25, 0.3) is 0 Å². The summed E-state index contributed by atoms with van der Waals surface area (Å²) in [7, 11) is -1.31. The van der Waals surface area contributed by atoms with E-state index in [1.165, 1.54) is 0 Å². The molecule has 2 N–H and O–H groups in total. The van der Waals surface area contributed by atoms with Gasteiger partial charge in [0.1, 0.15) is 0 Å². The van der Waals surface area contributed by atoms with Crippen molar-refractivity contribution in [3.8, 4) is 0 Å². The molecule has 0 unspecified atom stereocenters. The van der Waals surface area contributed by atoms with E-state index >= 15 is 0 Å². The van der Waals surface area contributed by atoms with Gasteiger partial charge in [0, 0.05) is 5.82 Å². The fourth-order valence-corrected chi connectivity index (χ4v) is 0.882. The maximum atomic E-state index is 8.47. The third-order valence-electron chi connectivity index (χ3n) is 1.54. The molecule has 2 aliphatic rings. The van der Waals surface area contributed by atoms with Gasteiger partial charge in [-0.15, -0.1) is 0 Å². The van der Waals surface area contributed by atoms with Gasteiger partial charge in [-0.3, -0.25) is 0 Å². The molecule has 0 amide bonds. The average Bonchev–Trinajstić information content (AvgIpc) is 2.82. The van der Waals surface area contributed by atoms with Gasteiger partial charge in [-0.1, -0.05) is 0 Å². The molecular weight excluding hydrogens is 219 g/mol. The Labute approximate surface area is 98.1 Å². The molecule has 0 saturated heterocycles. The normalized spacial score (nSPS) is 21.0. The van der Waals surface area contributed by atoms with E-state index < -0.39 is 7.12 Å². The van der Waals surface area contributed by atoms with E-state index in [0.717, 1.165) is 0 Å². The van der Waals surface area contributed by atoms with Gasteiger partial charge in [-0.05, 0) is 57.8 Å². The minimum Gasteiger partial charge on any atom is -0.427 e. The predicted octanol–water partition coefficient (Wildman–Crippen LogP) is 0.423. The Morgan fingerprint density at radius 1 is 0.714 bits per heavy atom. The second-order valence-corrected chi connectivity index (χ2v) is 2.55. The summed E-state index contributed by atoms with van der Waals surface area (Å²) in [6.07, 6.45) is 16.8. The molecule has 0 aromatic rings. The first-order chi connectivity index (χ1) is 6.30. The van der Waals surface area contributed by atoms with Crippen molar-refractivity contribution < 1.29 is 27.1 Å². The number of hydrogen-bond donors (Lipinski definition) is 2. The van der Waals surface area contributed by atoms with E-state index in [1.54, 1.807) is 25.7 Å². The Bertz CT molecular complexity index is 116. The Balaban J connectivity index is 0.000000246. The molecule has 2 nitrogen and oxygen atoms in total. The quantitative estimate of drug-likeness (QED) is 0.641. The zero-order valence-electron chi connectivity index (χ0n) is 7.52. The molecular formula is C10H11BFeO2+2. The maximum absolute atomic E-state index is 8.47. The van der Waals surface area contributed by atoms with Crippen molar-refractivity contribution in [3.63, 3.8) is 0 Å². The fourth-order valence-electron chi connectivity index (χ4n) is 0.882. The van der Waals surface area contributed by atoms with Crippen molar-refractivity contribution in [1.82, 2.24) is 0 Å². The van der Waals surface area contributed by atoms with Gasteiger partial charge in [0.2, 0.25) is 0 Å². The summed E-state index contributed by atoms with van der Waals surface area (Å²) in [5, 5.41) is 16.9.